The van der Waals surface area contributed by atoms with E-state index < -0.39 is 15.6 Å². The molecule has 0 saturated carbocycles. The Kier molecular flexibility index (Phi) is 3.29. The highest BCUT2D eigenvalue weighted by molar-refractivity contribution is 7.89. The molecular formula is C11H19N3O2S. The molecule has 1 saturated heterocycles. The zero-order valence-electron chi connectivity index (χ0n) is 10.0. The normalized spacial score (nSPS) is 27.2. The Morgan fingerprint density at radius 3 is 2.88 bits per heavy atom. The van der Waals surface area contributed by atoms with Gasteiger partial charge in [0.1, 0.15) is 0 Å². The van der Waals surface area contributed by atoms with Crippen LogP contribution in [-0.2, 0) is 10.0 Å². The number of nitrogens with zero attached hydrogens (tertiary/aromatic N) is 1. The molecule has 1 aliphatic heterocycles. The Labute approximate surface area is 102 Å². The number of aromatic nitrogens is 1. The Bertz CT molecular complexity index is 469. The molecule has 0 aromatic carbocycles. The summed E-state index contributed by atoms with van der Waals surface area (Å²) in [5, 5.41) is 0. The fourth-order valence-corrected chi connectivity index (χ4v) is 4.19. The molecule has 3 N–H and O–H groups in total. The molecule has 6 heteroatoms. The molecule has 0 spiro atoms. The zero-order chi connectivity index (χ0) is 12.5. The highest BCUT2D eigenvalue weighted by Gasteiger charge is 2.41. The van der Waals surface area contributed by atoms with E-state index in [-0.39, 0.29) is 0 Å². The summed E-state index contributed by atoms with van der Waals surface area (Å²) in [5.41, 5.74) is 5.31. The van der Waals surface area contributed by atoms with Gasteiger partial charge in [-0.05, 0) is 25.8 Å². The molecule has 2 heterocycles. The first-order valence-electron chi connectivity index (χ1n) is 5.86. The third-order valence-corrected chi connectivity index (χ3v) is 5.58. The Balaban J connectivity index is 2.38. The number of rotatable bonds is 3. The average Bonchev–Trinajstić information content (AvgIpc) is 2.83. The van der Waals surface area contributed by atoms with Gasteiger partial charge in [-0.2, -0.15) is 4.31 Å². The van der Waals surface area contributed by atoms with E-state index in [1.807, 2.05) is 6.92 Å². The fraction of sp³-hybridized carbons (Fsp3) is 0.636. The van der Waals surface area contributed by atoms with Crippen molar-refractivity contribution in [3.63, 3.8) is 0 Å². The van der Waals surface area contributed by atoms with Crippen molar-refractivity contribution in [2.45, 2.75) is 36.6 Å². The SMILES string of the molecule is CC1(CN)CCCCN1S(=O)(=O)c1cc[nH]c1. The number of hydrogen-bond donors (Lipinski definition) is 2. The maximum atomic E-state index is 12.5. The van der Waals surface area contributed by atoms with Crippen LogP contribution in [0.5, 0.6) is 0 Å². The predicted octanol–water partition coefficient (Wildman–Crippen LogP) is 0.907. The first-order valence-corrected chi connectivity index (χ1v) is 7.30. The van der Waals surface area contributed by atoms with Crippen molar-refractivity contribution >= 4 is 10.0 Å². The molecule has 0 bridgehead atoms. The van der Waals surface area contributed by atoms with Crippen LogP contribution in [0.1, 0.15) is 26.2 Å². The minimum Gasteiger partial charge on any atom is -0.366 e. The van der Waals surface area contributed by atoms with Crippen molar-refractivity contribution in [3.8, 4) is 0 Å². The summed E-state index contributed by atoms with van der Waals surface area (Å²) >= 11 is 0. The maximum absolute atomic E-state index is 12.5. The Morgan fingerprint density at radius 2 is 2.29 bits per heavy atom. The number of piperidine rings is 1. The number of sulfonamides is 1. The third kappa shape index (κ3) is 2.12. The highest BCUT2D eigenvalue weighted by Crippen LogP contribution is 2.32. The average molecular weight is 257 g/mol. The summed E-state index contributed by atoms with van der Waals surface area (Å²) in [4.78, 5) is 3.10. The third-order valence-electron chi connectivity index (χ3n) is 3.53. The topological polar surface area (TPSA) is 79.2 Å². The van der Waals surface area contributed by atoms with E-state index in [2.05, 4.69) is 4.98 Å². The molecule has 1 atom stereocenters. The Hall–Kier alpha value is -0.850. The van der Waals surface area contributed by atoms with Crippen LogP contribution in [0.25, 0.3) is 0 Å². The van der Waals surface area contributed by atoms with Crippen LogP contribution in [0.3, 0.4) is 0 Å². The molecule has 0 aliphatic carbocycles. The summed E-state index contributed by atoms with van der Waals surface area (Å²) in [6.07, 6.45) is 5.90. The molecule has 1 unspecified atom stereocenters. The fourth-order valence-electron chi connectivity index (χ4n) is 2.37. The highest BCUT2D eigenvalue weighted by atomic mass is 32.2. The van der Waals surface area contributed by atoms with E-state index in [0.717, 1.165) is 19.3 Å². The summed E-state index contributed by atoms with van der Waals surface area (Å²) in [6.45, 7) is 2.84. The van der Waals surface area contributed by atoms with Crippen LogP contribution in [0.15, 0.2) is 23.4 Å². The lowest BCUT2D eigenvalue weighted by Crippen LogP contribution is -2.56. The zero-order valence-corrected chi connectivity index (χ0v) is 10.8. The standard InChI is InChI=1S/C11H19N3O2S/c1-11(9-12)5-2-3-7-14(11)17(15,16)10-4-6-13-8-10/h4,6,8,13H,2-3,5,7,9,12H2,1H3. The van der Waals surface area contributed by atoms with Crippen LogP contribution < -0.4 is 5.73 Å². The van der Waals surface area contributed by atoms with E-state index in [4.69, 9.17) is 5.73 Å². The van der Waals surface area contributed by atoms with Crippen LogP contribution in [0, 0.1) is 0 Å². The summed E-state index contributed by atoms with van der Waals surface area (Å²) in [6, 6.07) is 1.58. The van der Waals surface area contributed by atoms with Gasteiger partial charge in [-0.25, -0.2) is 8.42 Å². The van der Waals surface area contributed by atoms with Gasteiger partial charge in [0.2, 0.25) is 10.0 Å². The van der Waals surface area contributed by atoms with Gasteiger partial charge < -0.3 is 10.7 Å². The molecule has 5 nitrogen and oxygen atoms in total. The quantitative estimate of drug-likeness (QED) is 0.844. The monoisotopic (exact) mass is 257 g/mol. The first kappa shape index (κ1) is 12.6. The molecule has 1 aromatic heterocycles. The van der Waals surface area contributed by atoms with Gasteiger partial charge in [-0.3, -0.25) is 0 Å². The van der Waals surface area contributed by atoms with Crippen LogP contribution in [0.2, 0.25) is 0 Å². The molecule has 96 valence electrons. The van der Waals surface area contributed by atoms with Crippen molar-refractivity contribution in [1.82, 2.24) is 9.29 Å². The van der Waals surface area contributed by atoms with Gasteiger partial charge in [0.15, 0.2) is 0 Å². The van der Waals surface area contributed by atoms with E-state index >= 15 is 0 Å². The lowest BCUT2D eigenvalue weighted by atomic mass is 9.91. The van der Waals surface area contributed by atoms with Gasteiger partial charge in [-0.1, -0.05) is 6.42 Å². The molecule has 17 heavy (non-hydrogen) atoms. The number of aromatic amines is 1. The molecular weight excluding hydrogens is 238 g/mol. The van der Waals surface area contributed by atoms with Gasteiger partial charge >= 0.3 is 0 Å². The van der Waals surface area contributed by atoms with Crippen LogP contribution >= 0.6 is 0 Å². The predicted molar refractivity (Wildman–Crippen MR) is 66.0 cm³/mol. The second kappa shape index (κ2) is 4.44. The number of nitrogens with one attached hydrogen (secondary N) is 1. The first-order chi connectivity index (χ1) is 8.00. The van der Waals surface area contributed by atoms with E-state index in [1.165, 1.54) is 6.20 Å². The van der Waals surface area contributed by atoms with Crippen molar-refractivity contribution in [2.24, 2.45) is 5.73 Å². The summed E-state index contributed by atoms with van der Waals surface area (Å²) < 4.78 is 26.5. The van der Waals surface area contributed by atoms with Gasteiger partial charge in [-0.15, -0.1) is 0 Å². The number of nitrogens with two attached hydrogens (primary N) is 1. The van der Waals surface area contributed by atoms with Gasteiger partial charge in [0, 0.05) is 31.0 Å². The van der Waals surface area contributed by atoms with Crippen molar-refractivity contribution in [2.75, 3.05) is 13.1 Å². The van der Waals surface area contributed by atoms with Crippen LogP contribution in [0.4, 0.5) is 0 Å². The molecule has 1 aliphatic rings. The molecule has 2 rings (SSSR count). The molecule has 0 radical (unpaired) electrons. The number of hydrogen-bond acceptors (Lipinski definition) is 3. The maximum Gasteiger partial charge on any atom is 0.245 e. The van der Waals surface area contributed by atoms with Crippen molar-refractivity contribution in [1.29, 1.82) is 0 Å². The Morgan fingerprint density at radius 1 is 1.53 bits per heavy atom. The molecule has 1 fully saturated rings. The minimum atomic E-state index is -3.42. The van der Waals surface area contributed by atoms with Crippen LogP contribution in [-0.4, -0.2) is 36.3 Å². The second-order valence-electron chi connectivity index (χ2n) is 4.78. The second-order valence-corrected chi connectivity index (χ2v) is 6.64. The lowest BCUT2D eigenvalue weighted by Gasteiger charge is -2.42. The summed E-state index contributed by atoms with van der Waals surface area (Å²) in [7, 11) is -3.42. The largest absolute Gasteiger partial charge is 0.366 e. The minimum absolute atomic E-state index is 0.319. The number of H-pyrrole nitrogens is 1. The van der Waals surface area contributed by atoms with Crippen molar-refractivity contribution in [3.05, 3.63) is 18.5 Å². The van der Waals surface area contributed by atoms with Gasteiger partial charge in [0.25, 0.3) is 0 Å². The summed E-state index contributed by atoms with van der Waals surface area (Å²) in [5.74, 6) is 0. The van der Waals surface area contributed by atoms with E-state index in [9.17, 15) is 8.42 Å². The smallest absolute Gasteiger partial charge is 0.245 e. The molecule has 1 aromatic rings. The lowest BCUT2D eigenvalue weighted by molar-refractivity contribution is 0.158. The van der Waals surface area contributed by atoms with E-state index in [0.29, 0.717) is 18.0 Å². The van der Waals surface area contributed by atoms with Gasteiger partial charge in [0.05, 0.1) is 4.90 Å². The molecule has 0 amide bonds. The van der Waals surface area contributed by atoms with Crippen molar-refractivity contribution < 1.29 is 8.42 Å². The van der Waals surface area contributed by atoms with E-state index in [1.54, 1.807) is 16.6 Å².